The van der Waals surface area contributed by atoms with Crippen molar-refractivity contribution >= 4 is 40.6 Å². The van der Waals surface area contributed by atoms with Gasteiger partial charge in [0.05, 0.1) is 23.9 Å². The maximum Gasteiger partial charge on any atom is 0.416 e. The lowest BCUT2D eigenvalue weighted by molar-refractivity contribution is -0.137. The summed E-state index contributed by atoms with van der Waals surface area (Å²) >= 11 is 3.46. The van der Waals surface area contributed by atoms with Crippen LogP contribution in [0.5, 0.6) is 11.5 Å². The number of imide groups is 1. The molecular formula is C66H71N3O9S2. The number of amides is 2. The second kappa shape index (κ2) is 29.8. The number of carbonyl (C=O) groups is 3. The minimum atomic E-state index is -0.882. The molecule has 12 nitrogen and oxygen atoms in total. The highest BCUT2D eigenvalue weighted by Gasteiger charge is 2.39. The van der Waals surface area contributed by atoms with Crippen molar-refractivity contribution in [1.82, 2.24) is 15.2 Å². The monoisotopic (exact) mass is 1110 g/mol. The average Bonchev–Trinajstić information content (AvgIpc) is 4.37. The highest BCUT2D eigenvalue weighted by Crippen LogP contribution is 2.34. The number of aromatic nitrogens is 2. The number of hydrogen-bond acceptors (Lipinski definition) is 12. The summed E-state index contributed by atoms with van der Waals surface area (Å²) in [6.45, 7) is 5.56. The lowest BCUT2D eigenvalue weighted by Gasteiger charge is -2.22. The zero-order valence-corrected chi connectivity index (χ0v) is 45.5. The Morgan fingerprint density at radius 1 is 0.600 bits per heavy atom. The number of nitrogens with zero attached hydrogens (tertiary/aromatic N) is 3. The van der Waals surface area contributed by atoms with Gasteiger partial charge in [0, 0.05) is 49.9 Å². The number of rotatable bonds is 24. The standard InChI is InChI=1S/C37H36N2O5S.C27H27NO4S.2CH4/c1-2-3-7-26-10-12-29(13-11-26)35-19-18-32(45-35)25-42-31-16-14-28(15-17-31)33(34-20-21-44-38-34)23-36(40)39-30(24-43-37(39)41)22-27-8-5-4-6-9-27;1-2-3-4-19-5-7-21(8-6-19)26-14-13-23(33-26)18-31-22-11-9-20(10-12-22)24(17-27(29)30)25-15-16-32-28-25;;/h4-6,8-21,30,33H,2-3,7,22-25H2,1H3;5-16,24H,2-4,17-18H2,1H3,(H,29,30);2*1H4/t30-,33-;24-;;/m00../s1. The van der Waals surface area contributed by atoms with Crippen molar-refractivity contribution in [2.75, 3.05) is 6.61 Å². The lowest BCUT2D eigenvalue weighted by Crippen LogP contribution is -2.40. The third-order valence-electron chi connectivity index (χ3n) is 13.7. The Bertz CT molecular complexity index is 3260. The number of ether oxygens (including phenoxy) is 3. The van der Waals surface area contributed by atoms with Gasteiger partial charge < -0.3 is 28.4 Å². The Hall–Kier alpha value is -8.07. The molecule has 0 spiro atoms. The van der Waals surface area contributed by atoms with Gasteiger partial charge in [0.1, 0.15) is 43.8 Å². The lowest BCUT2D eigenvalue weighted by atomic mass is 9.91. The second-order valence-electron chi connectivity index (χ2n) is 19.3. The summed E-state index contributed by atoms with van der Waals surface area (Å²) < 4.78 is 27.4. The van der Waals surface area contributed by atoms with Crippen LogP contribution in [0.3, 0.4) is 0 Å². The van der Waals surface area contributed by atoms with Crippen LogP contribution in [-0.4, -0.2) is 50.9 Å². The van der Waals surface area contributed by atoms with E-state index in [1.165, 1.54) is 75.1 Å². The first-order valence-electron chi connectivity index (χ1n) is 26.6. The average molecular weight is 1110 g/mol. The number of thiophene rings is 2. The predicted molar refractivity (Wildman–Crippen MR) is 317 cm³/mol. The predicted octanol–water partition coefficient (Wildman–Crippen LogP) is 16.6. The van der Waals surface area contributed by atoms with E-state index in [1.807, 2.05) is 78.9 Å². The molecule has 0 saturated carbocycles. The first kappa shape index (κ1) is 59.6. The van der Waals surface area contributed by atoms with Crippen LogP contribution >= 0.6 is 22.7 Å². The van der Waals surface area contributed by atoms with Gasteiger partial charge in [0.15, 0.2) is 0 Å². The highest BCUT2D eigenvalue weighted by atomic mass is 32.1. The number of carboxylic acids is 1. The molecule has 4 aromatic heterocycles. The molecule has 1 fully saturated rings. The molecule has 80 heavy (non-hydrogen) atoms. The molecule has 1 aliphatic heterocycles. The summed E-state index contributed by atoms with van der Waals surface area (Å²) in [5.41, 5.74) is 9.22. The van der Waals surface area contributed by atoms with Crippen molar-refractivity contribution in [3.8, 4) is 32.4 Å². The quantitative estimate of drug-likeness (QED) is 0.0615. The first-order valence-corrected chi connectivity index (χ1v) is 28.2. The first-order chi connectivity index (χ1) is 38.2. The molecule has 416 valence electrons. The summed E-state index contributed by atoms with van der Waals surface area (Å²) in [6, 6.07) is 54.3. The Morgan fingerprint density at radius 3 is 1.51 bits per heavy atom. The van der Waals surface area contributed by atoms with Crippen molar-refractivity contribution in [1.29, 1.82) is 0 Å². The fourth-order valence-electron chi connectivity index (χ4n) is 9.40. The van der Waals surface area contributed by atoms with Gasteiger partial charge >= 0.3 is 12.1 Å². The minimum Gasteiger partial charge on any atom is -0.488 e. The van der Waals surface area contributed by atoms with Crippen LogP contribution < -0.4 is 9.47 Å². The van der Waals surface area contributed by atoms with Crippen molar-refractivity contribution in [3.05, 3.63) is 225 Å². The van der Waals surface area contributed by atoms with E-state index in [1.54, 1.807) is 34.8 Å². The Labute approximate surface area is 478 Å². The molecule has 10 rings (SSSR count). The molecule has 0 unspecified atom stereocenters. The van der Waals surface area contributed by atoms with Crippen LogP contribution in [0.15, 0.2) is 185 Å². The van der Waals surface area contributed by atoms with Gasteiger partial charge in [-0.1, -0.05) is 155 Å². The molecule has 14 heteroatoms. The molecule has 0 aliphatic carbocycles. The molecule has 1 N–H and O–H groups in total. The van der Waals surface area contributed by atoms with Gasteiger partial charge in [-0.15, -0.1) is 22.7 Å². The van der Waals surface area contributed by atoms with Crippen LogP contribution in [0.4, 0.5) is 4.79 Å². The van der Waals surface area contributed by atoms with Crippen molar-refractivity contribution < 1.29 is 42.7 Å². The minimum absolute atomic E-state index is 0. The van der Waals surface area contributed by atoms with E-state index in [4.69, 9.17) is 23.3 Å². The number of unbranched alkanes of at least 4 members (excludes halogenated alkanes) is 2. The van der Waals surface area contributed by atoms with Crippen molar-refractivity contribution in [3.63, 3.8) is 0 Å². The van der Waals surface area contributed by atoms with Crippen molar-refractivity contribution in [2.24, 2.45) is 0 Å². The van der Waals surface area contributed by atoms with Crippen LogP contribution in [0.25, 0.3) is 20.9 Å². The highest BCUT2D eigenvalue weighted by molar-refractivity contribution is 7.15. The van der Waals surface area contributed by atoms with Gasteiger partial charge in [-0.25, -0.2) is 9.69 Å². The smallest absolute Gasteiger partial charge is 0.416 e. The summed E-state index contributed by atoms with van der Waals surface area (Å²) in [5.74, 6) is -0.482. The van der Waals surface area contributed by atoms with Crippen molar-refractivity contribution in [2.45, 2.75) is 118 Å². The number of hydrogen-bond donors (Lipinski definition) is 1. The maximum atomic E-state index is 13.6. The fourth-order valence-corrected chi connectivity index (χ4v) is 11.2. The van der Waals surface area contributed by atoms with Gasteiger partial charge in [-0.2, -0.15) is 0 Å². The summed E-state index contributed by atoms with van der Waals surface area (Å²) in [6.07, 6.45) is 9.98. The number of aryl methyl sites for hydroxylation is 2. The van der Waals surface area contributed by atoms with E-state index in [-0.39, 0.29) is 52.2 Å². The second-order valence-corrected chi connectivity index (χ2v) is 21.6. The van der Waals surface area contributed by atoms with E-state index in [0.29, 0.717) is 31.0 Å². The number of benzene rings is 5. The van der Waals surface area contributed by atoms with Crippen LogP contribution in [0.2, 0.25) is 0 Å². The molecule has 3 atom stereocenters. The zero-order valence-electron chi connectivity index (χ0n) is 43.8. The molecule has 1 aliphatic rings. The van der Waals surface area contributed by atoms with E-state index in [0.717, 1.165) is 50.8 Å². The van der Waals surface area contributed by atoms with Crippen LogP contribution in [-0.2, 0) is 46.8 Å². The summed E-state index contributed by atoms with van der Waals surface area (Å²) in [4.78, 5) is 43.5. The number of carboxylic acid groups (broad SMARTS) is 1. The Morgan fingerprint density at radius 2 is 1.07 bits per heavy atom. The molecule has 0 bridgehead atoms. The topological polar surface area (TPSA) is 154 Å². The molecule has 9 aromatic rings. The van der Waals surface area contributed by atoms with Gasteiger partial charge in [-0.05, 0) is 120 Å². The third kappa shape index (κ3) is 16.3. The molecule has 2 amide bonds. The molecule has 5 aromatic carbocycles. The Kier molecular flexibility index (Phi) is 22.2. The van der Waals surface area contributed by atoms with E-state index in [2.05, 4.69) is 97.0 Å². The van der Waals surface area contributed by atoms with Gasteiger partial charge in [-0.3, -0.25) is 9.59 Å². The van der Waals surface area contributed by atoms with Crippen LogP contribution in [0, 0.1) is 0 Å². The third-order valence-corrected chi connectivity index (χ3v) is 15.9. The fraction of sp³-hybridized carbons (Fsp3) is 0.288. The molecular weight excluding hydrogens is 1040 g/mol. The SMILES string of the molecule is C.C.CCCCc1ccc(-c2ccc(COc3ccc([C@H](CC(=O)N4C(=O)OC[C@@H]4Cc4ccccc4)c4ccon4)cc3)s2)cc1.CCCCc1ccc(-c2ccc(COc3ccc([C@H](CC(=O)O)c4ccon4)cc3)s2)cc1. The zero-order chi connectivity index (χ0) is 54.1. The summed E-state index contributed by atoms with van der Waals surface area (Å²) in [5, 5.41) is 17.3. The van der Waals surface area contributed by atoms with E-state index in [9.17, 15) is 19.5 Å². The van der Waals surface area contributed by atoms with Gasteiger partial charge in [0.25, 0.3) is 0 Å². The number of cyclic esters (lactones) is 1. The molecule has 5 heterocycles. The van der Waals surface area contributed by atoms with E-state index < -0.39 is 18.0 Å². The van der Waals surface area contributed by atoms with E-state index >= 15 is 0 Å². The normalized spacial score (nSPS) is 13.4. The van der Waals surface area contributed by atoms with Gasteiger partial charge in [0.2, 0.25) is 5.91 Å². The Balaban J connectivity index is 0.000000236. The number of aliphatic carboxylic acids is 1. The van der Waals surface area contributed by atoms with Crippen LogP contribution in [0.1, 0.15) is 128 Å². The number of carbonyl (C=O) groups excluding carboxylic acids is 2. The summed E-state index contributed by atoms with van der Waals surface area (Å²) in [7, 11) is 0. The maximum absolute atomic E-state index is 13.6. The molecule has 0 radical (unpaired) electrons. The molecule has 1 saturated heterocycles. The largest absolute Gasteiger partial charge is 0.488 e.